The summed E-state index contributed by atoms with van der Waals surface area (Å²) in [6.07, 6.45) is 0.823. The van der Waals surface area contributed by atoms with Crippen LogP contribution in [0.15, 0.2) is 30.3 Å². The molecule has 72 valence electrons. The van der Waals surface area contributed by atoms with Crippen LogP contribution in [0.2, 0.25) is 0 Å². The second-order valence-electron chi connectivity index (χ2n) is 2.53. The normalized spacial score (nSPS) is 8.62. The highest BCUT2D eigenvalue weighted by Crippen LogP contribution is 1.97. The van der Waals surface area contributed by atoms with Gasteiger partial charge < -0.3 is 11.1 Å². The quantitative estimate of drug-likeness (QED) is 0.760. The van der Waals surface area contributed by atoms with Gasteiger partial charge in [0.05, 0.1) is 0 Å². The summed E-state index contributed by atoms with van der Waals surface area (Å²) in [5.74, 6) is 0. The van der Waals surface area contributed by atoms with Crippen molar-refractivity contribution < 1.29 is 4.79 Å². The molecule has 0 bridgehead atoms. The van der Waals surface area contributed by atoms with E-state index in [1.165, 1.54) is 5.56 Å². The number of amides is 2. The fourth-order valence-corrected chi connectivity index (χ4v) is 0.975. The van der Waals surface area contributed by atoms with Crippen molar-refractivity contribution in [1.82, 2.24) is 5.32 Å². The van der Waals surface area contributed by atoms with E-state index in [1.54, 1.807) is 0 Å². The maximum Gasteiger partial charge on any atom is 0.312 e. The number of carbonyl (C=O) groups excluding carboxylic acids is 1. The van der Waals surface area contributed by atoms with E-state index in [-0.39, 0.29) is 12.4 Å². The third-order valence-corrected chi connectivity index (χ3v) is 1.56. The lowest BCUT2D eigenvalue weighted by molar-refractivity contribution is 0.249. The predicted molar refractivity (Wildman–Crippen MR) is 55.0 cm³/mol. The molecule has 0 aliphatic heterocycles. The summed E-state index contributed by atoms with van der Waals surface area (Å²) in [5, 5.41) is 2.53. The molecule has 0 spiro atoms. The van der Waals surface area contributed by atoms with Gasteiger partial charge in [0.15, 0.2) is 0 Å². The molecular weight excluding hydrogens is 188 g/mol. The number of nitrogens with two attached hydrogens (primary N) is 1. The standard InChI is InChI=1S/C9H12N2O.ClH/c10-9(12)11-7-6-8-4-2-1-3-5-8;/h1-5H,6-7H2,(H3,10,11,12);1H. The minimum Gasteiger partial charge on any atom is -0.352 e. The summed E-state index contributed by atoms with van der Waals surface area (Å²) in [6.45, 7) is 0.597. The summed E-state index contributed by atoms with van der Waals surface area (Å²) in [7, 11) is 0. The first-order chi connectivity index (χ1) is 5.79. The number of rotatable bonds is 3. The Balaban J connectivity index is 0.00000144. The van der Waals surface area contributed by atoms with Crippen molar-refractivity contribution in [2.45, 2.75) is 6.42 Å². The van der Waals surface area contributed by atoms with Crippen molar-refractivity contribution in [3.05, 3.63) is 35.9 Å². The number of benzene rings is 1. The molecule has 1 aromatic carbocycles. The van der Waals surface area contributed by atoms with Gasteiger partial charge in [-0.3, -0.25) is 0 Å². The van der Waals surface area contributed by atoms with Crippen LogP contribution >= 0.6 is 12.4 Å². The van der Waals surface area contributed by atoms with Crippen LogP contribution in [0.4, 0.5) is 4.79 Å². The molecule has 1 rings (SSSR count). The third kappa shape index (κ3) is 5.09. The second kappa shape index (κ2) is 6.31. The van der Waals surface area contributed by atoms with Crippen LogP contribution in [0.25, 0.3) is 0 Å². The number of hydrogen-bond donors (Lipinski definition) is 2. The Morgan fingerprint density at radius 3 is 2.46 bits per heavy atom. The average molecular weight is 201 g/mol. The van der Waals surface area contributed by atoms with Crippen molar-refractivity contribution in [1.29, 1.82) is 0 Å². The van der Waals surface area contributed by atoms with Gasteiger partial charge in [0.2, 0.25) is 0 Å². The Labute approximate surface area is 83.7 Å². The van der Waals surface area contributed by atoms with Gasteiger partial charge in [-0.15, -0.1) is 12.4 Å². The average Bonchev–Trinajstić information content (AvgIpc) is 2.05. The molecule has 0 aliphatic carbocycles. The minimum absolute atomic E-state index is 0. The zero-order chi connectivity index (χ0) is 8.81. The van der Waals surface area contributed by atoms with E-state index in [1.807, 2.05) is 30.3 Å². The second-order valence-corrected chi connectivity index (χ2v) is 2.53. The largest absolute Gasteiger partial charge is 0.352 e. The highest BCUT2D eigenvalue weighted by molar-refractivity contribution is 5.85. The zero-order valence-corrected chi connectivity index (χ0v) is 8.01. The minimum atomic E-state index is -0.467. The maximum absolute atomic E-state index is 10.3. The van der Waals surface area contributed by atoms with Crippen LogP contribution in [0.3, 0.4) is 0 Å². The molecule has 3 N–H and O–H groups in total. The smallest absolute Gasteiger partial charge is 0.312 e. The van der Waals surface area contributed by atoms with Crippen LogP contribution < -0.4 is 11.1 Å². The number of urea groups is 1. The summed E-state index contributed by atoms with van der Waals surface area (Å²) >= 11 is 0. The number of carbonyl (C=O) groups is 1. The molecule has 1 aromatic rings. The molecule has 0 aliphatic rings. The summed E-state index contributed by atoms with van der Waals surface area (Å²) in [6, 6.07) is 9.47. The van der Waals surface area contributed by atoms with Gasteiger partial charge in [-0.1, -0.05) is 30.3 Å². The van der Waals surface area contributed by atoms with E-state index in [0.29, 0.717) is 6.54 Å². The lowest BCUT2D eigenvalue weighted by Crippen LogP contribution is -2.30. The van der Waals surface area contributed by atoms with Gasteiger partial charge in [-0.25, -0.2) is 4.79 Å². The molecule has 0 aromatic heterocycles. The number of nitrogens with one attached hydrogen (secondary N) is 1. The van der Waals surface area contributed by atoms with Crippen molar-refractivity contribution in [2.24, 2.45) is 5.73 Å². The van der Waals surface area contributed by atoms with E-state index in [9.17, 15) is 4.79 Å². The van der Waals surface area contributed by atoms with Crippen LogP contribution in [-0.4, -0.2) is 12.6 Å². The molecular formula is C9H13ClN2O. The lowest BCUT2D eigenvalue weighted by atomic mass is 10.1. The molecule has 4 heteroatoms. The molecule has 3 nitrogen and oxygen atoms in total. The SMILES string of the molecule is Cl.NC(=O)NCCc1ccccc1. The molecule has 0 atom stereocenters. The van der Waals surface area contributed by atoms with Crippen molar-refractivity contribution in [2.75, 3.05) is 6.54 Å². The van der Waals surface area contributed by atoms with Gasteiger partial charge >= 0.3 is 6.03 Å². The van der Waals surface area contributed by atoms with Gasteiger partial charge in [-0.2, -0.15) is 0 Å². The Morgan fingerprint density at radius 1 is 1.31 bits per heavy atom. The Hall–Kier alpha value is -1.22. The zero-order valence-electron chi connectivity index (χ0n) is 7.19. The van der Waals surface area contributed by atoms with E-state index in [4.69, 9.17) is 5.73 Å². The van der Waals surface area contributed by atoms with Gasteiger partial charge in [0, 0.05) is 6.54 Å². The summed E-state index contributed by atoms with van der Waals surface area (Å²) in [4.78, 5) is 10.3. The first-order valence-electron chi connectivity index (χ1n) is 3.86. The first-order valence-corrected chi connectivity index (χ1v) is 3.86. The van der Waals surface area contributed by atoms with Crippen LogP contribution in [-0.2, 0) is 6.42 Å². The van der Waals surface area contributed by atoms with Crippen molar-refractivity contribution in [3.8, 4) is 0 Å². The van der Waals surface area contributed by atoms with E-state index >= 15 is 0 Å². The fraction of sp³-hybridized carbons (Fsp3) is 0.222. The molecule has 13 heavy (non-hydrogen) atoms. The van der Waals surface area contributed by atoms with Crippen molar-refractivity contribution in [3.63, 3.8) is 0 Å². The van der Waals surface area contributed by atoms with Gasteiger partial charge in [0.1, 0.15) is 0 Å². The van der Waals surface area contributed by atoms with Crippen LogP contribution in [0.1, 0.15) is 5.56 Å². The molecule has 0 unspecified atom stereocenters. The monoisotopic (exact) mass is 200 g/mol. The Kier molecular flexibility index (Phi) is 5.72. The Morgan fingerprint density at radius 2 is 1.92 bits per heavy atom. The number of primary amides is 1. The Bertz CT molecular complexity index is 251. The highest BCUT2D eigenvalue weighted by atomic mass is 35.5. The van der Waals surface area contributed by atoms with Crippen LogP contribution in [0, 0.1) is 0 Å². The fourth-order valence-electron chi connectivity index (χ4n) is 0.975. The highest BCUT2D eigenvalue weighted by Gasteiger charge is 1.92. The first kappa shape index (κ1) is 11.8. The summed E-state index contributed by atoms with van der Waals surface area (Å²) < 4.78 is 0. The molecule has 0 saturated carbocycles. The van der Waals surface area contributed by atoms with E-state index < -0.39 is 6.03 Å². The molecule has 2 amide bonds. The lowest BCUT2D eigenvalue weighted by Gasteiger charge is -2.00. The van der Waals surface area contributed by atoms with Gasteiger partial charge in [0.25, 0.3) is 0 Å². The molecule has 0 saturated heterocycles. The topological polar surface area (TPSA) is 55.1 Å². The van der Waals surface area contributed by atoms with E-state index in [2.05, 4.69) is 5.32 Å². The number of hydrogen-bond acceptors (Lipinski definition) is 1. The third-order valence-electron chi connectivity index (χ3n) is 1.56. The van der Waals surface area contributed by atoms with Crippen LogP contribution in [0.5, 0.6) is 0 Å². The van der Waals surface area contributed by atoms with E-state index in [0.717, 1.165) is 6.42 Å². The summed E-state index contributed by atoms with van der Waals surface area (Å²) in [5.41, 5.74) is 6.11. The van der Waals surface area contributed by atoms with Gasteiger partial charge in [-0.05, 0) is 12.0 Å². The molecule has 0 heterocycles. The molecule has 0 radical (unpaired) electrons. The van der Waals surface area contributed by atoms with Crippen molar-refractivity contribution >= 4 is 18.4 Å². The predicted octanol–water partition coefficient (Wildman–Crippen LogP) is 1.32. The maximum atomic E-state index is 10.3. The number of halogens is 1. The molecule has 0 fully saturated rings.